The Morgan fingerprint density at radius 3 is 2.67 bits per heavy atom. The van der Waals surface area contributed by atoms with Gasteiger partial charge in [0.1, 0.15) is 0 Å². The molecule has 2 rings (SSSR count). The summed E-state index contributed by atoms with van der Waals surface area (Å²) in [4.78, 5) is 11.8. The summed E-state index contributed by atoms with van der Waals surface area (Å²) in [6, 6.07) is 9.77. The van der Waals surface area contributed by atoms with Crippen LogP contribution in [0.3, 0.4) is 0 Å². The van der Waals surface area contributed by atoms with Crippen LogP contribution in [-0.4, -0.2) is 18.5 Å². The predicted octanol–water partition coefficient (Wildman–Crippen LogP) is 1.86. The zero-order chi connectivity index (χ0) is 12.8. The van der Waals surface area contributed by atoms with Gasteiger partial charge in [-0.1, -0.05) is 36.8 Å². The summed E-state index contributed by atoms with van der Waals surface area (Å²) >= 11 is 0. The van der Waals surface area contributed by atoms with Crippen molar-refractivity contribution in [2.24, 2.45) is 11.7 Å². The van der Waals surface area contributed by atoms with Crippen LogP contribution in [-0.2, 0) is 11.2 Å². The van der Waals surface area contributed by atoms with Gasteiger partial charge in [0.15, 0.2) is 0 Å². The lowest BCUT2D eigenvalue weighted by Crippen LogP contribution is -2.43. The molecule has 98 valence electrons. The van der Waals surface area contributed by atoms with Crippen molar-refractivity contribution in [3.05, 3.63) is 35.9 Å². The number of benzene rings is 1. The van der Waals surface area contributed by atoms with Gasteiger partial charge in [0.25, 0.3) is 0 Å². The van der Waals surface area contributed by atoms with Crippen molar-refractivity contribution < 1.29 is 4.79 Å². The number of aryl methyl sites for hydroxylation is 1. The number of rotatable bonds is 6. The van der Waals surface area contributed by atoms with E-state index in [1.807, 2.05) is 18.2 Å². The molecular weight excluding hydrogens is 224 g/mol. The number of nitrogens with two attached hydrogens (primary N) is 1. The molecule has 0 spiro atoms. The molecule has 0 bridgehead atoms. The third-order valence-corrected chi connectivity index (χ3v) is 3.71. The largest absolute Gasteiger partial charge is 0.354 e. The van der Waals surface area contributed by atoms with E-state index < -0.39 is 0 Å². The highest BCUT2D eigenvalue weighted by Crippen LogP contribution is 2.25. The minimum atomic E-state index is -0.384. The van der Waals surface area contributed by atoms with Gasteiger partial charge in [0.2, 0.25) is 5.91 Å². The van der Waals surface area contributed by atoms with Gasteiger partial charge >= 0.3 is 0 Å². The Bertz CT molecular complexity index is 373. The van der Waals surface area contributed by atoms with Gasteiger partial charge in [-0.25, -0.2) is 0 Å². The van der Waals surface area contributed by atoms with E-state index in [0.717, 1.165) is 13.0 Å². The predicted molar refractivity (Wildman–Crippen MR) is 73.1 cm³/mol. The van der Waals surface area contributed by atoms with E-state index in [1.165, 1.54) is 24.8 Å². The fourth-order valence-corrected chi connectivity index (χ4v) is 2.17. The number of hydrogen-bond acceptors (Lipinski definition) is 2. The first kappa shape index (κ1) is 13.1. The maximum absolute atomic E-state index is 11.8. The summed E-state index contributed by atoms with van der Waals surface area (Å²) in [7, 11) is 0. The summed E-state index contributed by atoms with van der Waals surface area (Å²) in [5.74, 6) is 0.688. The minimum absolute atomic E-state index is 0.00201. The van der Waals surface area contributed by atoms with Crippen LogP contribution in [0.4, 0.5) is 0 Å². The summed E-state index contributed by atoms with van der Waals surface area (Å²) in [6.07, 6.45) is 5.37. The Morgan fingerprint density at radius 2 is 2.06 bits per heavy atom. The highest BCUT2D eigenvalue weighted by atomic mass is 16.2. The SMILES string of the molecule is N[C@@H](CCc1ccccc1)C(=O)NCC1CCC1. The molecule has 1 aliphatic rings. The zero-order valence-electron chi connectivity index (χ0n) is 10.8. The topological polar surface area (TPSA) is 55.1 Å². The molecule has 18 heavy (non-hydrogen) atoms. The van der Waals surface area contributed by atoms with E-state index in [-0.39, 0.29) is 11.9 Å². The molecule has 3 N–H and O–H groups in total. The van der Waals surface area contributed by atoms with Gasteiger partial charge in [-0.05, 0) is 37.2 Å². The first-order valence-electron chi connectivity index (χ1n) is 6.83. The van der Waals surface area contributed by atoms with Gasteiger partial charge in [-0.15, -0.1) is 0 Å². The fraction of sp³-hybridized carbons (Fsp3) is 0.533. The molecule has 0 saturated heterocycles. The summed E-state index contributed by atoms with van der Waals surface area (Å²) in [5.41, 5.74) is 7.13. The summed E-state index contributed by atoms with van der Waals surface area (Å²) < 4.78 is 0. The van der Waals surface area contributed by atoms with Crippen LogP contribution in [0, 0.1) is 5.92 Å². The average molecular weight is 246 g/mol. The lowest BCUT2D eigenvalue weighted by Gasteiger charge is -2.26. The van der Waals surface area contributed by atoms with E-state index in [2.05, 4.69) is 17.4 Å². The third-order valence-electron chi connectivity index (χ3n) is 3.71. The van der Waals surface area contributed by atoms with Crippen LogP contribution in [0.1, 0.15) is 31.2 Å². The van der Waals surface area contributed by atoms with Crippen molar-refractivity contribution in [2.45, 2.75) is 38.1 Å². The van der Waals surface area contributed by atoms with Crippen molar-refractivity contribution in [3.8, 4) is 0 Å². The van der Waals surface area contributed by atoms with Gasteiger partial charge in [0.05, 0.1) is 6.04 Å². The zero-order valence-corrected chi connectivity index (χ0v) is 10.8. The lowest BCUT2D eigenvalue weighted by atomic mass is 9.85. The molecule has 1 aromatic carbocycles. The number of carbonyl (C=O) groups is 1. The number of nitrogens with one attached hydrogen (secondary N) is 1. The molecule has 0 aliphatic heterocycles. The molecule has 0 unspecified atom stereocenters. The molecule has 3 nitrogen and oxygen atoms in total. The standard InChI is InChI=1S/C15H22N2O/c16-14(10-9-12-5-2-1-3-6-12)15(18)17-11-13-7-4-8-13/h1-3,5-6,13-14H,4,7-11,16H2,(H,17,18)/t14-/m0/s1. The van der Waals surface area contributed by atoms with Crippen molar-refractivity contribution >= 4 is 5.91 Å². The molecular formula is C15H22N2O. The number of amides is 1. The highest BCUT2D eigenvalue weighted by Gasteiger charge is 2.19. The quantitative estimate of drug-likeness (QED) is 0.805. The molecule has 0 radical (unpaired) electrons. The summed E-state index contributed by atoms with van der Waals surface area (Å²) in [5, 5.41) is 2.96. The molecule has 1 amide bonds. The van der Waals surface area contributed by atoms with Crippen LogP contribution in [0.2, 0.25) is 0 Å². The highest BCUT2D eigenvalue weighted by molar-refractivity contribution is 5.81. The molecule has 1 atom stereocenters. The average Bonchev–Trinajstić information content (AvgIpc) is 2.35. The Hall–Kier alpha value is -1.35. The number of carbonyl (C=O) groups excluding carboxylic acids is 1. The van der Waals surface area contributed by atoms with Crippen LogP contribution in [0.5, 0.6) is 0 Å². The van der Waals surface area contributed by atoms with E-state index in [4.69, 9.17) is 5.73 Å². The van der Waals surface area contributed by atoms with Gasteiger partial charge < -0.3 is 11.1 Å². The molecule has 0 aromatic heterocycles. The van der Waals surface area contributed by atoms with Crippen molar-refractivity contribution in [1.29, 1.82) is 0 Å². The van der Waals surface area contributed by atoms with Crippen molar-refractivity contribution in [1.82, 2.24) is 5.32 Å². The molecule has 3 heteroatoms. The molecule has 0 heterocycles. The van der Waals surface area contributed by atoms with Gasteiger partial charge in [0, 0.05) is 6.54 Å². The second-order valence-corrected chi connectivity index (χ2v) is 5.17. The summed E-state index contributed by atoms with van der Waals surface area (Å²) in [6.45, 7) is 0.803. The van der Waals surface area contributed by atoms with E-state index >= 15 is 0 Å². The molecule has 1 fully saturated rings. The van der Waals surface area contributed by atoms with E-state index in [0.29, 0.717) is 12.3 Å². The Morgan fingerprint density at radius 1 is 1.33 bits per heavy atom. The van der Waals surface area contributed by atoms with Crippen molar-refractivity contribution in [3.63, 3.8) is 0 Å². The van der Waals surface area contributed by atoms with E-state index in [9.17, 15) is 4.79 Å². The normalized spacial score (nSPS) is 16.9. The Labute approximate surface area is 109 Å². The second-order valence-electron chi connectivity index (χ2n) is 5.17. The fourth-order valence-electron chi connectivity index (χ4n) is 2.17. The van der Waals surface area contributed by atoms with Crippen LogP contribution >= 0.6 is 0 Å². The first-order valence-corrected chi connectivity index (χ1v) is 6.83. The first-order chi connectivity index (χ1) is 8.75. The van der Waals surface area contributed by atoms with Gasteiger partial charge in [-0.3, -0.25) is 4.79 Å². The van der Waals surface area contributed by atoms with Crippen LogP contribution in [0.15, 0.2) is 30.3 Å². The molecule has 1 aromatic rings. The van der Waals surface area contributed by atoms with Crippen molar-refractivity contribution in [2.75, 3.05) is 6.54 Å². The monoisotopic (exact) mass is 246 g/mol. The second kappa shape index (κ2) is 6.55. The minimum Gasteiger partial charge on any atom is -0.354 e. The van der Waals surface area contributed by atoms with Crippen LogP contribution in [0.25, 0.3) is 0 Å². The molecule has 1 aliphatic carbocycles. The Kier molecular flexibility index (Phi) is 4.76. The van der Waals surface area contributed by atoms with Crippen LogP contribution < -0.4 is 11.1 Å². The van der Waals surface area contributed by atoms with Gasteiger partial charge in [-0.2, -0.15) is 0 Å². The molecule has 1 saturated carbocycles. The third kappa shape index (κ3) is 3.84. The Balaban J connectivity index is 1.66. The number of hydrogen-bond donors (Lipinski definition) is 2. The maximum atomic E-state index is 11.8. The van der Waals surface area contributed by atoms with E-state index in [1.54, 1.807) is 0 Å². The smallest absolute Gasteiger partial charge is 0.236 e. The maximum Gasteiger partial charge on any atom is 0.236 e. The lowest BCUT2D eigenvalue weighted by molar-refractivity contribution is -0.122.